The Morgan fingerprint density at radius 1 is 0.727 bits per heavy atom. The first-order valence-electron chi connectivity index (χ1n) is 16.5. The second-order valence-corrected chi connectivity index (χ2v) is 16.1. The molecular formula is C38H52O4S2. The molecule has 240 valence electrons. The number of rotatable bonds is 8. The Morgan fingerprint density at radius 3 is 1.43 bits per heavy atom. The van der Waals surface area contributed by atoms with Crippen LogP contribution in [0.5, 0.6) is 0 Å². The summed E-state index contributed by atoms with van der Waals surface area (Å²) >= 11 is 3.90. The highest BCUT2D eigenvalue weighted by Crippen LogP contribution is 2.63. The molecule has 0 bridgehead atoms. The van der Waals surface area contributed by atoms with Gasteiger partial charge in [-0.15, -0.1) is 36.7 Å². The summed E-state index contributed by atoms with van der Waals surface area (Å²) in [6.45, 7) is 14.2. The van der Waals surface area contributed by atoms with Gasteiger partial charge in [0, 0.05) is 22.3 Å². The van der Waals surface area contributed by atoms with Crippen molar-refractivity contribution in [3.8, 4) is 0 Å². The minimum absolute atomic E-state index is 0.0799. The van der Waals surface area contributed by atoms with Gasteiger partial charge in [-0.2, -0.15) is 0 Å². The number of hydrogen-bond donors (Lipinski definition) is 2. The minimum atomic E-state index is -0.437. The number of hydrogen-bond acceptors (Lipinski definition) is 6. The van der Waals surface area contributed by atoms with Gasteiger partial charge in [-0.05, 0) is 74.3 Å². The number of thioether (sulfide) groups is 2. The highest BCUT2D eigenvalue weighted by molar-refractivity contribution is 8.01. The lowest BCUT2D eigenvalue weighted by Crippen LogP contribution is -2.52. The van der Waals surface area contributed by atoms with E-state index in [1.54, 1.807) is 0 Å². The first kappa shape index (κ1) is 33.8. The first-order valence-corrected chi connectivity index (χ1v) is 18.5. The van der Waals surface area contributed by atoms with E-state index in [9.17, 15) is 10.2 Å². The first-order chi connectivity index (χ1) is 21.3. The molecule has 2 aliphatic heterocycles. The summed E-state index contributed by atoms with van der Waals surface area (Å²) in [5, 5.41) is 22.1. The van der Waals surface area contributed by atoms with Crippen LogP contribution >= 0.6 is 23.5 Å². The summed E-state index contributed by atoms with van der Waals surface area (Å²) in [4.78, 5) is -0.306. The highest BCUT2D eigenvalue weighted by atomic mass is 32.2. The van der Waals surface area contributed by atoms with E-state index in [0.717, 1.165) is 87.2 Å². The number of ether oxygens (including phenoxy) is 2. The third-order valence-electron chi connectivity index (χ3n) is 11.1. The van der Waals surface area contributed by atoms with Crippen molar-refractivity contribution in [1.29, 1.82) is 0 Å². The molecule has 4 fully saturated rings. The van der Waals surface area contributed by atoms with E-state index in [1.165, 1.54) is 0 Å². The van der Waals surface area contributed by atoms with E-state index in [2.05, 4.69) is 27.0 Å². The van der Waals surface area contributed by atoms with Crippen LogP contribution in [0.3, 0.4) is 0 Å². The van der Waals surface area contributed by atoms with Crippen molar-refractivity contribution >= 4 is 23.5 Å². The average molecular weight is 637 g/mol. The Labute approximate surface area is 274 Å². The average Bonchev–Trinajstić information content (AvgIpc) is 3.73. The summed E-state index contributed by atoms with van der Waals surface area (Å²) < 4.78 is 12.5. The molecule has 2 saturated carbocycles. The third kappa shape index (κ3) is 6.24. The smallest absolute Gasteiger partial charge is 0.119 e. The summed E-state index contributed by atoms with van der Waals surface area (Å²) in [7, 11) is 0. The van der Waals surface area contributed by atoms with Gasteiger partial charge in [-0.3, -0.25) is 0 Å². The molecule has 2 N–H and O–H groups in total. The zero-order valence-electron chi connectivity index (χ0n) is 26.7. The molecule has 2 saturated heterocycles. The molecule has 8 atom stereocenters. The number of aliphatic hydroxyl groups is 2. The van der Waals surface area contributed by atoms with Crippen LogP contribution in [-0.4, -0.2) is 44.8 Å². The van der Waals surface area contributed by atoms with E-state index in [1.807, 2.05) is 96.3 Å². The molecule has 0 amide bonds. The maximum Gasteiger partial charge on any atom is 0.119 e. The number of benzene rings is 2. The van der Waals surface area contributed by atoms with Crippen LogP contribution in [0.15, 0.2) is 86.0 Å². The normalized spacial score (nSPS) is 36.4. The van der Waals surface area contributed by atoms with Gasteiger partial charge in [0.05, 0.1) is 25.4 Å². The van der Waals surface area contributed by atoms with Gasteiger partial charge in [0.2, 0.25) is 0 Å². The zero-order valence-corrected chi connectivity index (χ0v) is 28.3. The van der Waals surface area contributed by atoms with Gasteiger partial charge in [0.1, 0.15) is 9.87 Å². The number of allylic oxidation sites excluding steroid dienone is 2. The minimum Gasteiger partial charge on any atom is -0.388 e. The standard InChI is InChI=1S/2C19H26O2S/c2*1-3-11-18(2)16(17(20)15-8-5-4-6-9-15)10-7-12-19(18)21-13-14-22-19/h2*3-6,8-9,16-17,20H,1,7,10-14H2,2H3/t2*16-,17+,18+,19-/m10/s1. The Kier molecular flexibility index (Phi) is 11.1. The quantitative estimate of drug-likeness (QED) is 0.282. The van der Waals surface area contributed by atoms with E-state index in [-0.39, 0.29) is 32.5 Å². The van der Waals surface area contributed by atoms with Gasteiger partial charge in [-0.25, -0.2) is 0 Å². The molecular weight excluding hydrogens is 585 g/mol. The summed E-state index contributed by atoms with van der Waals surface area (Å²) in [5.41, 5.74) is 1.87. The van der Waals surface area contributed by atoms with Gasteiger partial charge in [0.15, 0.2) is 0 Å². The van der Waals surface area contributed by atoms with Gasteiger partial charge in [0.25, 0.3) is 0 Å². The molecule has 0 aromatic heterocycles. The molecule has 2 aromatic carbocycles. The van der Waals surface area contributed by atoms with E-state index in [0.29, 0.717) is 0 Å². The van der Waals surface area contributed by atoms with Crippen LogP contribution in [0.1, 0.15) is 88.5 Å². The largest absolute Gasteiger partial charge is 0.388 e. The van der Waals surface area contributed by atoms with Crippen molar-refractivity contribution in [3.05, 3.63) is 97.1 Å². The monoisotopic (exact) mass is 636 g/mol. The predicted octanol–water partition coefficient (Wildman–Crippen LogP) is 9.12. The predicted molar refractivity (Wildman–Crippen MR) is 186 cm³/mol. The lowest BCUT2D eigenvalue weighted by atomic mass is 9.60. The highest BCUT2D eigenvalue weighted by Gasteiger charge is 2.59. The molecule has 0 radical (unpaired) electrons. The van der Waals surface area contributed by atoms with Crippen LogP contribution in [0.4, 0.5) is 0 Å². The fraction of sp³-hybridized carbons (Fsp3) is 0.579. The second kappa shape index (κ2) is 14.5. The van der Waals surface area contributed by atoms with Crippen molar-refractivity contribution in [3.63, 3.8) is 0 Å². The Hall–Kier alpha value is -1.54. The van der Waals surface area contributed by atoms with E-state index < -0.39 is 12.2 Å². The molecule has 0 unspecified atom stereocenters. The van der Waals surface area contributed by atoms with Crippen LogP contribution in [0.2, 0.25) is 0 Å². The molecule has 2 spiro atoms. The molecule has 6 rings (SSSR count). The van der Waals surface area contributed by atoms with Gasteiger partial charge < -0.3 is 19.7 Å². The maximum atomic E-state index is 11.1. The molecule has 2 aromatic rings. The topological polar surface area (TPSA) is 58.9 Å². The van der Waals surface area contributed by atoms with Crippen molar-refractivity contribution in [2.45, 2.75) is 87.3 Å². The maximum absolute atomic E-state index is 11.1. The van der Waals surface area contributed by atoms with Crippen molar-refractivity contribution in [2.75, 3.05) is 24.7 Å². The molecule has 4 aliphatic rings. The van der Waals surface area contributed by atoms with Crippen molar-refractivity contribution < 1.29 is 19.7 Å². The Morgan fingerprint density at radius 2 is 1.11 bits per heavy atom. The van der Waals surface area contributed by atoms with Crippen LogP contribution in [0.25, 0.3) is 0 Å². The van der Waals surface area contributed by atoms with Crippen molar-refractivity contribution in [1.82, 2.24) is 0 Å². The SMILES string of the molecule is C=CC[C@@]1(C)[C@@H]([C@@H](O)c2ccccc2)CCC[C@]12OCCS2.C=CC[C@]1(C)[C@H]([C@H](O)c2ccccc2)CCC[C@@]12OCCS2. The second-order valence-electron chi connectivity index (χ2n) is 13.4. The third-order valence-corrected chi connectivity index (χ3v) is 14.4. The molecule has 2 heterocycles. The number of aliphatic hydroxyl groups excluding tert-OH is 2. The summed E-state index contributed by atoms with van der Waals surface area (Å²) in [6, 6.07) is 20.1. The fourth-order valence-corrected chi connectivity index (χ4v) is 11.8. The van der Waals surface area contributed by atoms with Crippen molar-refractivity contribution in [2.24, 2.45) is 22.7 Å². The molecule has 4 nitrogen and oxygen atoms in total. The molecule has 44 heavy (non-hydrogen) atoms. The van der Waals surface area contributed by atoms with Crippen LogP contribution in [0, 0.1) is 22.7 Å². The summed E-state index contributed by atoms with van der Waals surface area (Å²) in [6.07, 6.45) is 11.4. The van der Waals surface area contributed by atoms with Crippen LogP contribution in [-0.2, 0) is 9.47 Å². The van der Waals surface area contributed by atoms with E-state index >= 15 is 0 Å². The molecule has 2 aliphatic carbocycles. The lowest BCUT2D eigenvalue weighted by Gasteiger charge is -2.54. The summed E-state index contributed by atoms with van der Waals surface area (Å²) in [5.74, 6) is 2.52. The van der Waals surface area contributed by atoms with Gasteiger partial charge >= 0.3 is 0 Å². The van der Waals surface area contributed by atoms with Crippen LogP contribution < -0.4 is 0 Å². The molecule has 6 heteroatoms. The van der Waals surface area contributed by atoms with E-state index in [4.69, 9.17) is 9.47 Å². The fourth-order valence-electron chi connectivity index (χ4n) is 8.73. The Bertz CT molecular complexity index is 1110. The van der Waals surface area contributed by atoms with Gasteiger partial charge in [-0.1, -0.05) is 86.7 Å². The lowest BCUT2D eigenvalue weighted by molar-refractivity contribution is -0.129. The Balaban J connectivity index is 0.000000175. The zero-order chi connectivity index (χ0) is 31.3.